The monoisotopic (exact) mass is 303 g/mol. The number of carbonyl (C=O) groups excluding carboxylic acids is 1. The van der Waals surface area contributed by atoms with Crippen molar-refractivity contribution in [3.05, 3.63) is 0 Å². The Bertz CT molecular complexity index is 422. The van der Waals surface area contributed by atoms with E-state index in [0.717, 1.165) is 0 Å². The van der Waals surface area contributed by atoms with Crippen LogP contribution in [-0.2, 0) is 14.9 Å². The molecular weight excluding hydrogens is 285 g/mol. The van der Waals surface area contributed by atoms with Crippen LogP contribution in [-0.4, -0.2) is 52.7 Å². The van der Waals surface area contributed by atoms with Gasteiger partial charge in [-0.3, -0.25) is 0 Å². The van der Waals surface area contributed by atoms with Gasteiger partial charge >= 0.3 is 35.7 Å². The Labute approximate surface area is 135 Å². The Morgan fingerprint density at radius 2 is 1.74 bits per heavy atom. The van der Waals surface area contributed by atoms with E-state index in [1.807, 2.05) is 0 Å². The van der Waals surface area contributed by atoms with E-state index in [0.29, 0.717) is 0 Å². The minimum absolute atomic E-state index is 0. The van der Waals surface area contributed by atoms with Crippen LogP contribution in [0.4, 0.5) is 4.79 Å². The predicted octanol–water partition coefficient (Wildman–Crippen LogP) is -2.74. The molecule has 1 heterocycles. The summed E-state index contributed by atoms with van der Waals surface area (Å²) in [6.45, 7) is 5.10. The van der Waals surface area contributed by atoms with Crippen LogP contribution < -0.4 is 29.6 Å². The zero-order valence-corrected chi connectivity index (χ0v) is 14.5. The molecule has 0 atom stereocenters. The van der Waals surface area contributed by atoms with Crippen LogP contribution >= 0.6 is 0 Å². The second-order valence-electron chi connectivity index (χ2n) is 5.37. The minimum Gasteiger partial charge on any atom is -0.746 e. The van der Waals surface area contributed by atoms with Crippen molar-refractivity contribution < 1.29 is 57.2 Å². The smallest absolute Gasteiger partial charge is 0.746 e. The zero-order valence-electron chi connectivity index (χ0n) is 11.7. The van der Waals surface area contributed by atoms with E-state index in [-0.39, 0.29) is 55.5 Å². The van der Waals surface area contributed by atoms with Crippen molar-refractivity contribution >= 4 is 16.2 Å². The van der Waals surface area contributed by atoms with E-state index in [4.69, 9.17) is 4.74 Å². The molecule has 1 fully saturated rings. The van der Waals surface area contributed by atoms with Crippen molar-refractivity contribution in [3.8, 4) is 0 Å². The van der Waals surface area contributed by atoms with Crippen LogP contribution in [0.25, 0.3) is 0 Å². The van der Waals surface area contributed by atoms with Crippen LogP contribution in [0.5, 0.6) is 0 Å². The van der Waals surface area contributed by atoms with Crippen molar-refractivity contribution in [1.29, 1.82) is 0 Å². The van der Waals surface area contributed by atoms with E-state index < -0.39 is 26.7 Å². The topological polar surface area (TPSA) is 107 Å². The molecule has 1 rings (SSSR count). The third-order valence-electron chi connectivity index (χ3n) is 2.66. The molecule has 1 aliphatic heterocycles. The normalized spacial score (nSPS) is 19.5. The third-order valence-corrected chi connectivity index (χ3v) is 4.00. The summed E-state index contributed by atoms with van der Waals surface area (Å²) in [7, 11) is -4.78. The molecule has 1 amide bonds. The SMILES string of the molecule is CC(C)(C)OC(=O)N1CCC(O)(S(=O)(=O)[O-])CC1.[Na+]. The van der Waals surface area contributed by atoms with Crippen molar-refractivity contribution in [1.82, 2.24) is 4.90 Å². The van der Waals surface area contributed by atoms with Crippen molar-refractivity contribution in [2.45, 2.75) is 44.1 Å². The second-order valence-corrected chi connectivity index (χ2v) is 7.04. The van der Waals surface area contributed by atoms with Gasteiger partial charge < -0.3 is 19.3 Å². The molecule has 9 heteroatoms. The first-order valence-electron chi connectivity index (χ1n) is 5.60. The van der Waals surface area contributed by atoms with E-state index >= 15 is 0 Å². The van der Waals surface area contributed by atoms with Gasteiger partial charge in [0.05, 0.1) is 0 Å². The summed E-state index contributed by atoms with van der Waals surface area (Å²) in [5, 5.41) is 9.66. The number of aliphatic hydroxyl groups is 1. The van der Waals surface area contributed by atoms with Gasteiger partial charge in [-0.1, -0.05) is 0 Å². The third kappa shape index (κ3) is 5.20. The van der Waals surface area contributed by atoms with Crippen LogP contribution in [0.2, 0.25) is 0 Å². The zero-order chi connectivity index (χ0) is 14.2. The summed E-state index contributed by atoms with van der Waals surface area (Å²) >= 11 is 0. The maximum Gasteiger partial charge on any atom is 1.00 e. The Morgan fingerprint density at radius 3 is 2.05 bits per heavy atom. The first kappa shape index (κ1) is 19.1. The average Bonchev–Trinajstić information content (AvgIpc) is 2.14. The van der Waals surface area contributed by atoms with Crippen LogP contribution in [0, 0.1) is 0 Å². The first-order valence-corrected chi connectivity index (χ1v) is 7.01. The molecule has 19 heavy (non-hydrogen) atoms. The maximum absolute atomic E-state index is 11.7. The Balaban J connectivity index is 0.00000324. The molecule has 0 radical (unpaired) electrons. The molecule has 106 valence electrons. The molecule has 0 saturated carbocycles. The van der Waals surface area contributed by atoms with Crippen LogP contribution in [0.3, 0.4) is 0 Å². The molecule has 1 saturated heterocycles. The predicted molar refractivity (Wildman–Crippen MR) is 61.7 cm³/mol. The van der Waals surface area contributed by atoms with Gasteiger partial charge in [0, 0.05) is 25.9 Å². The summed E-state index contributed by atoms with van der Waals surface area (Å²) in [6, 6.07) is 0. The van der Waals surface area contributed by atoms with E-state index in [1.165, 1.54) is 4.90 Å². The number of hydrogen-bond acceptors (Lipinski definition) is 6. The Hall–Kier alpha value is 0.140. The number of ether oxygens (including phenoxy) is 1. The number of hydrogen-bond donors (Lipinski definition) is 1. The Morgan fingerprint density at radius 1 is 1.32 bits per heavy atom. The number of likely N-dealkylation sites (tertiary alicyclic amines) is 1. The number of amides is 1. The Kier molecular flexibility index (Phi) is 6.32. The van der Waals surface area contributed by atoms with Crippen LogP contribution in [0.1, 0.15) is 33.6 Å². The molecule has 0 aromatic rings. The largest absolute Gasteiger partial charge is 1.00 e. The van der Waals surface area contributed by atoms with Crippen molar-refractivity contribution in [3.63, 3.8) is 0 Å². The summed E-state index contributed by atoms with van der Waals surface area (Å²) < 4.78 is 37.7. The molecular formula is C10H18NNaO6S. The number of nitrogens with zero attached hydrogens (tertiary/aromatic N) is 1. The first-order chi connectivity index (χ1) is 7.95. The second kappa shape index (κ2) is 6.28. The van der Waals surface area contributed by atoms with Gasteiger partial charge in [0.1, 0.15) is 15.7 Å². The summed E-state index contributed by atoms with van der Waals surface area (Å²) in [4.78, 5) is 10.7. The average molecular weight is 303 g/mol. The van der Waals surface area contributed by atoms with Gasteiger partial charge in [-0.05, 0) is 20.8 Å². The van der Waals surface area contributed by atoms with Gasteiger partial charge in [0.2, 0.25) is 0 Å². The van der Waals surface area contributed by atoms with Crippen molar-refractivity contribution in [2.24, 2.45) is 0 Å². The van der Waals surface area contributed by atoms with Gasteiger partial charge in [0.25, 0.3) is 0 Å². The fourth-order valence-electron chi connectivity index (χ4n) is 1.62. The fourth-order valence-corrected chi connectivity index (χ4v) is 2.30. The maximum atomic E-state index is 11.7. The number of piperidine rings is 1. The van der Waals surface area contributed by atoms with Gasteiger partial charge in [-0.2, -0.15) is 0 Å². The number of carbonyl (C=O) groups is 1. The molecule has 0 aromatic carbocycles. The fraction of sp³-hybridized carbons (Fsp3) is 0.900. The van der Waals surface area contributed by atoms with E-state index in [9.17, 15) is 22.9 Å². The molecule has 0 unspecified atom stereocenters. The molecule has 0 aromatic heterocycles. The summed E-state index contributed by atoms with van der Waals surface area (Å²) in [6.07, 6.45) is -1.16. The molecule has 0 spiro atoms. The standard InChI is InChI=1S/C10H19NO6S.Na/c1-9(2,3)17-8(12)11-6-4-10(13,5-7-11)18(14,15)16;/h13H,4-7H2,1-3H3,(H,14,15,16);/q;+1/p-1. The molecule has 1 N–H and O–H groups in total. The molecule has 0 bridgehead atoms. The molecule has 1 aliphatic rings. The summed E-state index contributed by atoms with van der Waals surface area (Å²) in [5.74, 6) is 0. The van der Waals surface area contributed by atoms with Gasteiger partial charge in [0.15, 0.2) is 4.93 Å². The van der Waals surface area contributed by atoms with E-state index in [2.05, 4.69) is 0 Å². The van der Waals surface area contributed by atoms with Crippen molar-refractivity contribution in [2.75, 3.05) is 13.1 Å². The number of rotatable bonds is 1. The molecule has 0 aliphatic carbocycles. The van der Waals surface area contributed by atoms with Crippen LogP contribution in [0.15, 0.2) is 0 Å². The minimum atomic E-state index is -4.78. The van der Waals surface area contributed by atoms with Gasteiger partial charge in [-0.25, -0.2) is 13.2 Å². The van der Waals surface area contributed by atoms with E-state index in [1.54, 1.807) is 20.8 Å². The summed E-state index contributed by atoms with van der Waals surface area (Å²) in [5.41, 5.74) is -0.643. The quantitative estimate of drug-likeness (QED) is 0.416. The molecule has 7 nitrogen and oxygen atoms in total. The van der Waals surface area contributed by atoms with Gasteiger partial charge in [-0.15, -0.1) is 0 Å².